The molecule has 4 nitrogen and oxygen atoms in total. The van der Waals surface area contributed by atoms with E-state index in [2.05, 4.69) is 58.9 Å². The highest BCUT2D eigenvalue weighted by molar-refractivity contribution is 14.0. The Balaban J connectivity index is 0.00000338. The summed E-state index contributed by atoms with van der Waals surface area (Å²) >= 11 is 0. The van der Waals surface area contributed by atoms with Crippen LogP contribution in [0, 0.1) is 5.82 Å². The molecule has 0 atom stereocenters. The Morgan fingerprint density at radius 1 is 0.923 bits per heavy atom. The van der Waals surface area contributed by atoms with Gasteiger partial charge in [-0.25, -0.2) is 9.38 Å². The van der Waals surface area contributed by atoms with Crippen LogP contribution in [-0.4, -0.2) is 31.5 Å². The van der Waals surface area contributed by atoms with E-state index in [1.165, 1.54) is 23.3 Å². The second-order valence-electron chi connectivity index (χ2n) is 6.23. The van der Waals surface area contributed by atoms with Crippen molar-refractivity contribution in [3.63, 3.8) is 0 Å². The summed E-state index contributed by atoms with van der Waals surface area (Å²) in [6.07, 6.45) is 0. The Morgan fingerprint density at radius 2 is 1.50 bits per heavy atom. The molecular weight excluding hydrogens is 442 g/mol. The highest BCUT2D eigenvalue weighted by Gasteiger charge is 2.00. The van der Waals surface area contributed by atoms with E-state index in [9.17, 15) is 4.39 Å². The average Bonchev–Trinajstić information content (AvgIpc) is 2.59. The molecule has 0 fully saturated rings. The van der Waals surface area contributed by atoms with Crippen LogP contribution in [0.4, 0.5) is 4.39 Å². The summed E-state index contributed by atoms with van der Waals surface area (Å²) in [6, 6.07) is 15.0. The first-order valence-electron chi connectivity index (χ1n) is 8.56. The number of nitrogens with zero attached hydrogens (tertiary/aromatic N) is 2. The summed E-state index contributed by atoms with van der Waals surface area (Å²) in [5, 5.41) is 6.56. The first-order chi connectivity index (χ1) is 12.1. The summed E-state index contributed by atoms with van der Waals surface area (Å²) in [5.74, 6) is 0.527. The predicted molar refractivity (Wildman–Crippen MR) is 117 cm³/mol. The molecule has 0 heterocycles. The Kier molecular flexibility index (Phi) is 10.2. The lowest BCUT2D eigenvalue weighted by Gasteiger charge is -2.13. The SMILES string of the molecule is CCNC(=NCc1ccc(F)cc1)NCc1ccc(CN(C)C)cc1.I. The van der Waals surface area contributed by atoms with Crippen LogP contribution in [0.3, 0.4) is 0 Å². The number of nitrogens with one attached hydrogen (secondary N) is 2. The Hall–Kier alpha value is -1.67. The standard InChI is InChI=1S/C20H27FN4.HI/c1-4-22-20(24-14-17-9-11-19(21)12-10-17)23-13-16-5-7-18(8-6-16)15-25(2)3;/h5-12H,4,13-15H2,1-3H3,(H2,22,23,24);1H. The molecule has 2 N–H and O–H groups in total. The predicted octanol–water partition coefficient (Wildman–Crippen LogP) is 3.76. The number of rotatable bonds is 7. The molecule has 0 amide bonds. The second-order valence-corrected chi connectivity index (χ2v) is 6.23. The number of guanidine groups is 1. The lowest BCUT2D eigenvalue weighted by Crippen LogP contribution is -2.36. The number of hydrogen-bond donors (Lipinski definition) is 2. The van der Waals surface area contributed by atoms with Crippen LogP contribution < -0.4 is 10.6 Å². The maximum atomic E-state index is 12.9. The molecule has 2 aromatic carbocycles. The van der Waals surface area contributed by atoms with Crippen LogP contribution in [0.25, 0.3) is 0 Å². The summed E-state index contributed by atoms with van der Waals surface area (Å²) in [5.41, 5.74) is 3.48. The molecule has 0 saturated carbocycles. The lowest BCUT2D eigenvalue weighted by molar-refractivity contribution is 0.402. The maximum absolute atomic E-state index is 12.9. The van der Waals surface area contributed by atoms with Crippen LogP contribution in [-0.2, 0) is 19.6 Å². The van der Waals surface area contributed by atoms with Crippen molar-refractivity contribution in [1.29, 1.82) is 0 Å². The molecule has 2 aromatic rings. The van der Waals surface area contributed by atoms with Gasteiger partial charge < -0.3 is 15.5 Å². The van der Waals surface area contributed by atoms with Gasteiger partial charge in [0, 0.05) is 19.6 Å². The van der Waals surface area contributed by atoms with Crippen molar-refractivity contribution in [1.82, 2.24) is 15.5 Å². The molecule has 6 heteroatoms. The molecule has 0 aromatic heterocycles. The van der Waals surface area contributed by atoms with Gasteiger partial charge in [0.2, 0.25) is 0 Å². The van der Waals surface area contributed by atoms with Crippen molar-refractivity contribution in [3.05, 3.63) is 71.0 Å². The molecule has 0 radical (unpaired) electrons. The van der Waals surface area contributed by atoms with Crippen LogP contribution in [0.5, 0.6) is 0 Å². The van der Waals surface area contributed by atoms with Crippen molar-refractivity contribution in [2.24, 2.45) is 4.99 Å². The van der Waals surface area contributed by atoms with Gasteiger partial charge in [-0.05, 0) is 49.8 Å². The zero-order valence-corrected chi connectivity index (χ0v) is 18.0. The monoisotopic (exact) mass is 470 g/mol. The molecule has 0 spiro atoms. The first kappa shape index (κ1) is 22.4. The lowest BCUT2D eigenvalue weighted by atomic mass is 10.1. The Morgan fingerprint density at radius 3 is 2.08 bits per heavy atom. The quantitative estimate of drug-likeness (QED) is 0.368. The zero-order valence-electron chi connectivity index (χ0n) is 15.6. The van der Waals surface area contributed by atoms with E-state index in [1.54, 1.807) is 12.1 Å². The summed E-state index contributed by atoms with van der Waals surface area (Å²) in [6.45, 7) is 4.98. The molecule has 0 aliphatic carbocycles. The van der Waals surface area contributed by atoms with E-state index < -0.39 is 0 Å². The highest BCUT2D eigenvalue weighted by atomic mass is 127. The Bertz CT molecular complexity index is 669. The molecule has 0 bridgehead atoms. The second kappa shape index (κ2) is 11.9. The van der Waals surface area contributed by atoms with E-state index >= 15 is 0 Å². The van der Waals surface area contributed by atoms with Crippen molar-refractivity contribution < 1.29 is 4.39 Å². The normalized spacial score (nSPS) is 11.2. The van der Waals surface area contributed by atoms with Gasteiger partial charge in [0.05, 0.1) is 6.54 Å². The molecule has 0 unspecified atom stereocenters. The van der Waals surface area contributed by atoms with E-state index in [0.29, 0.717) is 13.1 Å². The van der Waals surface area contributed by atoms with Gasteiger partial charge >= 0.3 is 0 Å². The number of halogens is 2. The fourth-order valence-electron chi connectivity index (χ4n) is 2.42. The largest absolute Gasteiger partial charge is 0.357 e. The third kappa shape index (κ3) is 8.14. The fraction of sp³-hybridized carbons (Fsp3) is 0.350. The van der Waals surface area contributed by atoms with E-state index in [-0.39, 0.29) is 29.8 Å². The van der Waals surface area contributed by atoms with Crippen LogP contribution >= 0.6 is 24.0 Å². The third-order valence-corrected chi connectivity index (χ3v) is 3.66. The number of benzene rings is 2. The first-order valence-corrected chi connectivity index (χ1v) is 8.56. The van der Waals surface area contributed by atoms with Gasteiger partial charge in [-0.2, -0.15) is 0 Å². The minimum atomic E-state index is -0.226. The maximum Gasteiger partial charge on any atom is 0.191 e. The van der Waals surface area contributed by atoms with Gasteiger partial charge in [0.25, 0.3) is 0 Å². The molecule has 2 rings (SSSR count). The fourth-order valence-corrected chi connectivity index (χ4v) is 2.42. The summed E-state index contributed by atoms with van der Waals surface area (Å²) < 4.78 is 12.9. The number of aliphatic imine (C=N–C) groups is 1. The molecule has 0 aliphatic rings. The van der Waals surface area contributed by atoms with Gasteiger partial charge in [0.15, 0.2) is 5.96 Å². The van der Waals surface area contributed by atoms with E-state index in [4.69, 9.17) is 0 Å². The average molecular weight is 470 g/mol. The minimum Gasteiger partial charge on any atom is -0.357 e. The smallest absolute Gasteiger partial charge is 0.191 e. The molecule has 0 aliphatic heterocycles. The van der Waals surface area contributed by atoms with Gasteiger partial charge in [0.1, 0.15) is 5.82 Å². The van der Waals surface area contributed by atoms with Crippen LogP contribution in [0.2, 0.25) is 0 Å². The zero-order chi connectivity index (χ0) is 18.1. The molecular formula is C20H28FIN4. The van der Waals surface area contributed by atoms with Crippen molar-refractivity contribution in [3.8, 4) is 0 Å². The minimum absolute atomic E-state index is 0. The van der Waals surface area contributed by atoms with Crippen molar-refractivity contribution in [2.75, 3.05) is 20.6 Å². The van der Waals surface area contributed by atoms with Crippen LogP contribution in [0.1, 0.15) is 23.6 Å². The van der Waals surface area contributed by atoms with Crippen molar-refractivity contribution in [2.45, 2.75) is 26.6 Å². The van der Waals surface area contributed by atoms with Gasteiger partial charge in [-0.1, -0.05) is 36.4 Å². The molecule has 0 saturated heterocycles. The highest BCUT2D eigenvalue weighted by Crippen LogP contribution is 2.06. The van der Waals surface area contributed by atoms with Gasteiger partial charge in [-0.15, -0.1) is 24.0 Å². The topological polar surface area (TPSA) is 39.7 Å². The number of hydrogen-bond acceptors (Lipinski definition) is 2. The van der Waals surface area contributed by atoms with Crippen LogP contribution in [0.15, 0.2) is 53.5 Å². The summed E-state index contributed by atoms with van der Waals surface area (Å²) in [4.78, 5) is 6.70. The van der Waals surface area contributed by atoms with E-state index in [0.717, 1.165) is 24.6 Å². The third-order valence-electron chi connectivity index (χ3n) is 3.66. The Labute approximate surface area is 172 Å². The molecule has 26 heavy (non-hydrogen) atoms. The van der Waals surface area contributed by atoms with Crippen molar-refractivity contribution >= 4 is 29.9 Å². The summed E-state index contributed by atoms with van der Waals surface area (Å²) in [7, 11) is 4.13. The van der Waals surface area contributed by atoms with Gasteiger partial charge in [-0.3, -0.25) is 0 Å². The van der Waals surface area contributed by atoms with E-state index in [1.807, 2.05) is 6.92 Å². The molecule has 142 valence electrons.